The quantitative estimate of drug-likeness (QED) is 0.116. The molecule has 2 aromatic carbocycles. The molecule has 2 saturated heterocycles. The Bertz CT molecular complexity index is 1790. The molecule has 228 valence electrons. The van der Waals surface area contributed by atoms with Crippen LogP contribution in [0.25, 0.3) is 11.2 Å². The Hall–Kier alpha value is -4.02. The third-order valence-electron chi connectivity index (χ3n) is 7.19. The van der Waals surface area contributed by atoms with Crippen LogP contribution in [-0.4, -0.2) is 82.4 Å². The number of carbonyl (C=O) groups excluding carboxylic acids is 3. The van der Waals surface area contributed by atoms with Crippen LogP contribution in [0.5, 0.6) is 0 Å². The van der Waals surface area contributed by atoms with E-state index in [9.17, 15) is 34.1 Å². The Morgan fingerprint density at radius 2 is 1.75 bits per heavy atom. The Labute approximate surface area is 252 Å². The summed E-state index contributed by atoms with van der Waals surface area (Å²) in [4.78, 5) is 61.9. The van der Waals surface area contributed by atoms with Crippen LogP contribution in [-0.2, 0) is 23.4 Å². The third-order valence-corrected chi connectivity index (χ3v) is 10.4. The van der Waals surface area contributed by atoms with Crippen molar-refractivity contribution in [1.29, 1.82) is 0 Å². The van der Waals surface area contributed by atoms with E-state index in [1.54, 1.807) is 30.3 Å². The van der Waals surface area contributed by atoms with Gasteiger partial charge in [0, 0.05) is 17.5 Å². The molecule has 0 radical (unpaired) electrons. The molecule has 0 bridgehead atoms. The third kappa shape index (κ3) is 5.64. The van der Waals surface area contributed by atoms with Crippen LogP contribution in [0.2, 0.25) is 0 Å². The molecule has 2 fully saturated rings. The van der Waals surface area contributed by atoms with E-state index >= 15 is 0 Å². The van der Waals surface area contributed by atoms with Gasteiger partial charge in [0.15, 0.2) is 23.5 Å². The van der Waals surface area contributed by atoms with E-state index in [0.29, 0.717) is 11.1 Å². The van der Waals surface area contributed by atoms with E-state index in [4.69, 9.17) is 15.0 Å². The number of aliphatic hydroxyl groups excluding tert-OH is 2. The fraction of sp³-hybridized carbons (Fsp3) is 0.259. The number of ether oxygens (including phenoxy) is 1. The summed E-state index contributed by atoms with van der Waals surface area (Å²) in [6, 6.07) is 14.5. The molecule has 5 N–H and O–H groups in total. The molecular weight excluding hydrogens is 615 g/mol. The van der Waals surface area contributed by atoms with Crippen molar-refractivity contribution in [3.63, 3.8) is 0 Å². The average Bonchev–Trinajstić information content (AvgIpc) is 3.65. The first kappa shape index (κ1) is 30.0. The number of imidazole rings is 1. The van der Waals surface area contributed by atoms with Gasteiger partial charge in [-0.2, -0.15) is 0 Å². The summed E-state index contributed by atoms with van der Waals surface area (Å²) < 4.78 is 25.1. The molecule has 2 aliphatic heterocycles. The predicted molar refractivity (Wildman–Crippen MR) is 156 cm³/mol. The summed E-state index contributed by atoms with van der Waals surface area (Å²) in [5.41, 5.74) is 7.35. The van der Waals surface area contributed by atoms with Crippen LogP contribution in [0.4, 0.5) is 11.5 Å². The summed E-state index contributed by atoms with van der Waals surface area (Å²) in [7, 11) is 0. The average molecular weight is 641 g/mol. The van der Waals surface area contributed by atoms with Crippen molar-refractivity contribution < 1.29 is 43.3 Å². The highest BCUT2D eigenvalue weighted by atomic mass is 32.7. The number of benzene rings is 2. The van der Waals surface area contributed by atoms with E-state index in [2.05, 4.69) is 15.0 Å². The largest absolute Gasteiger partial charge is 0.387 e. The van der Waals surface area contributed by atoms with Crippen LogP contribution < -0.4 is 10.6 Å². The van der Waals surface area contributed by atoms with E-state index in [-0.39, 0.29) is 46.3 Å². The number of carbonyl (C=O) groups is 3. The summed E-state index contributed by atoms with van der Waals surface area (Å²) in [5.74, 6) is -1.43. The van der Waals surface area contributed by atoms with Crippen LogP contribution in [0.15, 0.2) is 67.3 Å². The van der Waals surface area contributed by atoms with Gasteiger partial charge in [-0.25, -0.2) is 24.4 Å². The maximum Gasteiger partial charge on any atom is 0.387 e. The molecule has 17 heteroatoms. The van der Waals surface area contributed by atoms with Crippen LogP contribution in [0.3, 0.4) is 0 Å². The molecule has 4 aromatic rings. The van der Waals surface area contributed by atoms with E-state index in [1.807, 2.05) is 0 Å². The second-order valence-corrected chi connectivity index (χ2v) is 14.0. The lowest BCUT2D eigenvalue weighted by Gasteiger charge is -2.19. The number of amides is 2. The van der Waals surface area contributed by atoms with E-state index < -0.39 is 55.0 Å². The number of fused-ring (bicyclic) bond motifs is 1. The van der Waals surface area contributed by atoms with Gasteiger partial charge in [-0.3, -0.25) is 23.5 Å². The lowest BCUT2D eigenvalue weighted by Crippen LogP contribution is -2.33. The minimum absolute atomic E-state index is 0.105. The monoisotopic (exact) mass is 640 g/mol. The van der Waals surface area contributed by atoms with Gasteiger partial charge in [0.05, 0.1) is 18.6 Å². The number of anilines is 2. The highest BCUT2D eigenvalue weighted by Crippen LogP contribution is 2.59. The summed E-state index contributed by atoms with van der Waals surface area (Å²) in [6.45, 7) is -5.18. The standard InChI is InChI=1S/C27H25N6O9PS/c28-24-20-25(30-12-29-24)32(13-31-20)27-23(37)22(36)17(42-27)11-41-43(39,40)44-18-10-19(34)33(26(18)38)16-8-6-15(7-9-16)21(35)14-4-2-1-3-5-14/h1-9,12-13,17-18,22-23,27,36-37H,10-11H2,(H,39,40)(H2,28,29,30)/t17-,18?,22-,23-,27-/m1/s1. The SMILES string of the molecule is Nc1ncnc2c1ncn2[C@@H]1O[C@H](COP(=O)(O)SC2CC(=O)N(c3ccc(C(=O)c4ccccc4)cc3)C2=O)[C@@H](O)[C@H]1O. The summed E-state index contributed by atoms with van der Waals surface area (Å²) in [5, 5.41) is 19.9. The Balaban J connectivity index is 1.08. The number of imide groups is 1. The van der Waals surface area contributed by atoms with Gasteiger partial charge < -0.3 is 25.6 Å². The fourth-order valence-corrected chi connectivity index (χ4v) is 7.94. The van der Waals surface area contributed by atoms with Crippen molar-refractivity contribution in [2.45, 2.75) is 36.2 Å². The smallest absolute Gasteiger partial charge is 0.387 e. The van der Waals surface area contributed by atoms with Crippen molar-refractivity contribution >= 4 is 58.4 Å². The molecule has 0 spiro atoms. The Kier molecular flexibility index (Phi) is 8.06. The molecule has 0 aliphatic carbocycles. The maximum atomic E-state index is 13.1. The van der Waals surface area contributed by atoms with Gasteiger partial charge in [-0.05, 0) is 35.6 Å². The first-order valence-electron chi connectivity index (χ1n) is 13.2. The minimum atomic E-state index is -4.56. The zero-order valence-corrected chi connectivity index (χ0v) is 24.3. The maximum absolute atomic E-state index is 13.1. The van der Waals surface area contributed by atoms with Crippen molar-refractivity contribution in [1.82, 2.24) is 19.5 Å². The molecule has 2 aliphatic rings. The molecule has 15 nitrogen and oxygen atoms in total. The molecule has 0 saturated carbocycles. The number of ketones is 1. The number of hydrogen-bond acceptors (Lipinski definition) is 13. The zero-order chi connectivity index (χ0) is 31.2. The molecular formula is C27H25N6O9PS. The topological polar surface area (TPSA) is 220 Å². The number of nitrogens with two attached hydrogens (primary N) is 1. The number of nitrogen functional groups attached to an aromatic ring is 1. The first-order valence-corrected chi connectivity index (χ1v) is 16.3. The van der Waals surface area contributed by atoms with Crippen molar-refractivity contribution in [3.05, 3.63) is 78.4 Å². The molecule has 2 amide bonds. The lowest BCUT2D eigenvalue weighted by molar-refractivity contribution is -0.121. The first-order chi connectivity index (χ1) is 21.0. The van der Waals surface area contributed by atoms with Crippen LogP contribution in [0.1, 0.15) is 28.6 Å². The molecule has 2 unspecified atom stereocenters. The lowest BCUT2D eigenvalue weighted by atomic mass is 10.0. The highest BCUT2D eigenvalue weighted by molar-refractivity contribution is 8.55. The van der Waals surface area contributed by atoms with Crippen molar-refractivity contribution in [2.75, 3.05) is 17.2 Å². The second-order valence-electron chi connectivity index (χ2n) is 10.0. The van der Waals surface area contributed by atoms with Gasteiger partial charge in [-0.15, -0.1) is 0 Å². The number of aliphatic hydroxyl groups is 2. The number of nitrogens with zero attached hydrogens (tertiary/aromatic N) is 5. The minimum Gasteiger partial charge on any atom is -0.387 e. The van der Waals surface area contributed by atoms with Crippen molar-refractivity contribution in [2.24, 2.45) is 0 Å². The Morgan fingerprint density at radius 1 is 1.05 bits per heavy atom. The van der Waals surface area contributed by atoms with E-state index in [0.717, 1.165) is 4.90 Å². The van der Waals surface area contributed by atoms with Gasteiger partial charge >= 0.3 is 6.80 Å². The summed E-state index contributed by atoms with van der Waals surface area (Å²) >= 11 is 0.290. The van der Waals surface area contributed by atoms with Crippen molar-refractivity contribution in [3.8, 4) is 0 Å². The van der Waals surface area contributed by atoms with Crippen LogP contribution in [0, 0.1) is 0 Å². The number of hydrogen-bond donors (Lipinski definition) is 4. The highest BCUT2D eigenvalue weighted by Gasteiger charge is 2.47. The summed E-state index contributed by atoms with van der Waals surface area (Å²) in [6.07, 6.45) is -3.24. The second kappa shape index (κ2) is 11.8. The van der Waals surface area contributed by atoms with Gasteiger partial charge in [0.2, 0.25) is 11.8 Å². The molecule has 2 aromatic heterocycles. The molecule has 44 heavy (non-hydrogen) atoms. The normalized spacial score (nSPS) is 25.1. The predicted octanol–water partition coefficient (Wildman–Crippen LogP) is 1.44. The fourth-order valence-electron chi connectivity index (χ4n) is 4.99. The van der Waals surface area contributed by atoms with Gasteiger partial charge in [0.1, 0.15) is 35.4 Å². The molecule has 4 heterocycles. The number of rotatable bonds is 9. The molecule has 6 rings (SSSR count). The van der Waals surface area contributed by atoms with Gasteiger partial charge in [0.25, 0.3) is 0 Å². The van der Waals surface area contributed by atoms with E-state index in [1.165, 1.54) is 41.5 Å². The van der Waals surface area contributed by atoms with Gasteiger partial charge in [-0.1, -0.05) is 30.3 Å². The zero-order valence-electron chi connectivity index (χ0n) is 22.6. The number of aromatic nitrogens is 4. The van der Waals surface area contributed by atoms with Crippen LogP contribution >= 0.6 is 18.2 Å². The Morgan fingerprint density at radius 3 is 2.48 bits per heavy atom. The molecule has 6 atom stereocenters.